The van der Waals surface area contributed by atoms with E-state index >= 15 is 0 Å². The number of piperazine rings is 1. The number of carbonyl (C=O) groups is 1. The highest BCUT2D eigenvalue weighted by molar-refractivity contribution is 5.78. The standard InChI is InChI=1S/C7H13N2O/c1-2-4-9-5-3-8-6-7(9)10/h8H,1-6H2. The quantitative estimate of drug-likeness (QED) is 0.569. The molecule has 1 radical (unpaired) electrons. The van der Waals surface area contributed by atoms with Crippen LogP contribution in [0.1, 0.15) is 6.42 Å². The van der Waals surface area contributed by atoms with E-state index in [2.05, 4.69) is 12.2 Å². The third kappa shape index (κ3) is 1.70. The minimum absolute atomic E-state index is 0.204. The molecule has 3 heteroatoms. The first-order valence-electron chi connectivity index (χ1n) is 3.62. The molecule has 1 aliphatic rings. The minimum Gasteiger partial charge on any atom is -0.340 e. The highest BCUT2D eigenvalue weighted by Gasteiger charge is 2.15. The van der Waals surface area contributed by atoms with Gasteiger partial charge >= 0.3 is 0 Å². The number of nitrogens with zero attached hydrogens (tertiary/aromatic N) is 1. The van der Waals surface area contributed by atoms with Crippen molar-refractivity contribution in [3.63, 3.8) is 0 Å². The van der Waals surface area contributed by atoms with Gasteiger partial charge < -0.3 is 10.2 Å². The number of hydrogen-bond donors (Lipinski definition) is 1. The van der Waals surface area contributed by atoms with Gasteiger partial charge in [0.25, 0.3) is 0 Å². The second-order valence-electron chi connectivity index (χ2n) is 2.41. The van der Waals surface area contributed by atoms with E-state index in [1.54, 1.807) is 0 Å². The number of rotatable bonds is 2. The molecule has 0 aromatic heterocycles. The van der Waals surface area contributed by atoms with Crippen molar-refractivity contribution in [2.24, 2.45) is 0 Å². The highest BCUT2D eigenvalue weighted by atomic mass is 16.2. The zero-order valence-corrected chi connectivity index (χ0v) is 6.10. The third-order valence-corrected chi connectivity index (χ3v) is 1.62. The maximum atomic E-state index is 11.0. The molecule has 0 aliphatic carbocycles. The molecule has 0 aromatic rings. The molecule has 1 N–H and O–H groups in total. The normalized spacial score (nSPS) is 19.7. The lowest BCUT2D eigenvalue weighted by atomic mass is 10.3. The van der Waals surface area contributed by atoms with E-state index in [-0.39, 0.29) is 5.91 Å². The number of hydrogen-bond acceptors (Lipinski definition) is 2. The van der Waals surface area contributed by atoms with E-state index in [0.29, 0.717) is 6.54 Å². The van der Waals surface area contributed by atoms with Crippen molar-refractivity contribution in [1.29, 1.82) is 0 Å². The molecule has 1 amide bonds. The lowest BCUT2D eigenvalue weighted by Gasteiger charge is -2.26. The van der Waals surface area contributed by atoms with Gasteiger partial charge in [-0.1, -0.05) is 6.92 Å². The van der Waals surface area contributed by atoms with Crippen LogP contribution in [0.2, 0.25) is 0 Å². The molecule has 1 aliphatic heterocycles. The number of carbonyl (C=O) groups excluding carboxylic acids is 1. The largest absolute Gasteiger partial charge is 0.340 e. The summed E-state index contributed by atoms with van der Waals surface area (Å²) in [6.07, 6.45) is 0.811. The Kier molecular flexibility index (Phi) is 2.68. The lowest BCUT2D eigenvalue weighted by Crippen LogP contribution is -2.48. The maximum absolute atomic E-state index is 11.0. The molecular weight excluding hydrogens is 128 g/mol. The summed E-state index contributed by atoms with van der Waals surface area (Å²) in [6.45, 7) is 6.77. The Balaban J connectivity index is 2.32. The molecule has 1 rings (SSSR count). The molecule has 10 heavy (non-hydrogen) atoms. The summed E-state index contributed by atoms with van der Waals surface area (Å²) in [5.41, 5.74) is 0. The van der Waals surface area contributed by atoms with E-state index in [9.17, 15) is 4.79 Å². The van der Waals surface area contributed by atoms with Gasteiger partial charge in [-0.2, -0.15) is 0 Å². The van der Waals surface area contributed by atoms with Crippen molar-refractivity contribution in [3.05, 3.63) is 6.92 Å². The van der Waals surface area contributed by atoms with Crippen LogP contribution in [0.5, 0.6) is 0 Å². The Morgan fingerprint density at radius 3 is 3.10 bits per heavy atom. The Bertz CT molecular complexity index is 123. The average molecular weight is 141 g/mol. The second-order valence-corrected chi connectivity index (χ2v) is 2.41. The third-order valence-electron chi connectivity index (χ3n) is 1.62. The fraction of sp³-hybridized carbons (Fsp3) is 0.714. The first-order valence-corrected chi connectivity index (χ1v) is 3.62. The lowest BCUT2D eigenvalue weighted by molar-refractivity contribution is -0.131. The molecule has 0 spiro atoms. The topological polar surface area (TPSA) is 32.3 Å². The van der Waals surface area contributed by atoms with E-state index in [4.69, 9.17) is 0 Å². The second kappa shape index (κ2) is 3.56. The summed E-state index contributed by atoms with van der Waals surface area (Å²) >= 11 is 0. The van der Waals surface area contributed by atoms with E-state index < -0.39 is 0 Å². The Hall–Kier alpha value is -0.570. The first kappa shape index (κ1) is 7.54. The van der Waals surface area contributed by atoms with Crippen LogP contribution in [0, 0.1) is 6.92 Å². The Labute approximate surface area is 61.4 Å². The van der Waals surface area contributed by atoms with Crippen LogP contribution < -0.4 is 5.32 Å². The van der Waals surface area contributed by atoms with Crippen molar-refractivity contribution in [3.8, 4) is 0 Å². The van der Waals surface area contributed by atoms with Crippen LogP contribution in [0.15, 0.2) is 0 Å². The van der Waals surface area contributed by atoms with Gasteiger partial charge in [0.15, 0.2) is 0 Å². The van der Waals surface area contributed by atoms with Gasteiger partial charge in [-0.3, -0.25) is 4.79 Å². The number of nitrogens with one attached hydrogen (secondary N) is 1. The van der Waals surface area contributed by atoms with Crippen molar-refractivity contribution in [2.45, 2.75) is 6.42 Å². The maximum Gasteiger partial charge on any atom is 0.236 e. The Morgan fingerprint density at radius 2 is 2.50 bits per heavy atom. The van der Waals surface area contributed by atoms with E-state index in [1.807, 2.05) is 4.90 Å². The van der Waals surface area contributed by atoms with Crippen molar-refractivity contribution in [2.75, 3.05) is 26.2 Å². The molecule has 57 valence electrons. The molecule has 0 bridgehead atoms. The van der Waals surface area contributed by atoms with Crippen LogP contribution in [0.4, 0.5) is 0 Å². The van der Waals surface area contributed by atoms with Crippen molar-refractivity contribution in [1.82, 2.24) is 10.2 Å². The predicted molar refractivity (Wildman–Crippen MR) is 39.4 cm³/mol. The van der Waals surface area contributed by atoms with E-state index in [0.717, 1.165) is 26.1 Å². The van der Waals surface area contributed by atoms with Gasteiger partial charge in [0.2, 0.25) is 5.91 Å². The minimum atomic E-state index is 0.204. The fourth-order valence-corrected chi connectivity index (χ4v) is 1.07. The van der Waals surface area contributed by atoms with Crippen molar-refractivity contribution >= 4 is 5.91 Å². The summed E-state index contributed by atoms with van der Waals surface area (Å²) in [7, 11) is 0. The van der Waals surface area contributed by atoms with Gasteiger partial charge in [-0.05, 0) is 6.42 Å². The van der Waals surface area contributed by atoms with Gasteiger partial charge in [0.05, 0.1) is 6.54 Å². The number of amides is 1. The zero-order chi connectivity index (χ0) is 7.40. The SMILES string of the molecule is [CH2]CCN1CCNCC1=O. The van der Waals surface area contributed by atoms with Crippen LogP contribution in [-0.2, 0) is 4.79 Å². The van der Waals surface area contributed by atoms with Crippen LogP contribution in [0.3, 0.4) is 0 Å². The van der Waals surface area contributed by atoms with Crippen LogP contribution >= 0.6 is 0 Å². The fourth-order valence-electron chi connectivity index (χ4n) is 1.07. The molecular formula is C7H13N2O. The smallest absolute Gasteiger partial charge is 0.236 e. The highest BCUT2D eigenvalue weighted by Crippen LogP contribution is 1.94. The van der Waals surface area contributed by atoms with Gasteiger partial charge in [-0.15, -0.1) is 0 Å². The summed E-state index contributed by atoms with van der Waals surface area (Å²) in [5.74, 6) is 0.204. The summed E-state index contributed by atoms with van der Waals surface area (Å²) < 4.78 is 0. The molecule has 1 heterocycles. The molecule has 1 fully saturated rings. The van der Waals surface area contributed by atoms with Crippen LogP contribution in [-0.4, -0.2) is 37.0 Å². The van der Waals surface area contributed by atoms with Gasteiger partial charge in [0, 0.05) is 19.6 Å². The van der Waals surface area contributed by atoms with Crippen molar-refractivity contribution < 1.29 is 4.79 Å². The molecule has 0 saturated carbocycles. The monoisotopic (exact) mass is 141 g/mol. The predicted octanol–water partition coefficient (Wildman–Crippen LogP) is -0.358. The van der Waals surface area contributed by atoms with Crippen LogP contribution in [0.25, 0.3) is 0 Å². The summed E-state index contributed by atoms with van der Waals surface area (Å²) in [6, 6.07) is 0. The Morgan fingerprint density at radius 1 is 1.70 bits per heavy atom. The molecule has 0 unspecified atom stereocenters. The summed E-state index contributed by atoms with van der Waals surface area (Å²) in [4.78, 5) is 12.9. The first-order chi connectivity index (χ1) is 4.84. The molecule has 0 atom stereocenters. The van der Waals surface area contributed by atoms with Gasteiger partial charge in [-0.25, -0.2) is 0 Å². The molecule has 3 nitrogen and oxygen atoms in total. The van der Waals surface area contributed by atoms with E-state index in [1.165, 1.54) is 0 Å². The van der Waals surface area contributed by atoms with Gasteiger partial charge in [0.1, 0.15) is 0 Å². The molecule has 0 aromatic carbocycles. The summed E-state index contributed by atoms with van der Waals surface area (Å²) in [5, 5.41) is 3.01. The zero-order valence-electron chi connectivity index (χ0n) is 6.10. The molecule has 1 saturated heterocycles. The average Bonchev–Trinajstić information content (AvgIpc) is 1.94.